The molecule has 9 nitrogen and oxygen atoms in total. The summed E-state index contributed by atoms with van der Waals surface area (Å²) in [6.07, 6.45) is 25.7. The van der Waals surface area contributed by atoms with Crippen LogP contribution in [0.3, 0.4) is 0 Å². The van der Waals surface area contributed by atoms with E-state index >= 15 is 0 Å². The Balaban J connectivity index is 4.22. The summed E-state index contributed by atoms with van der Waals surface area (Å²) in [6.45, 7) is 3.70. The SMILES string of the molecule is CCCCCCCCCCCCCCCC(=O)OC[C@H](COP(=O)(O)OCCN)OC(=O)CCCCCCCCCCC. The highest BCUT2D eigenvalue weighted by molar-refractivity contribution is 7.47. The monoisotopic (exact) mass is 635 g/mol. The first kappa shape index (κ1) is 42.0. The lowest BCUT2D eigenvalue weighted by Gasteiger charge is -2.19. The molecule has 0 bridgehead atoms. The Morgan fingerprint density at radius 1 is 0.605 bits per heavy atom. The number of ether oxygens (including phenoxy) is 2. The number of unbranched alkanes of at least 4 members (excludes halogenated alkanes) is 20. The van der Waals surface area contributed by atoms with Gasteiger partial charge in [-0.15, -0.1) is 0 Å². The molecular weight excluding hydrogens is 569 g/mol. The number of carbonyl (C=O) groups excluding carboxylic acids is 2. The highest BCUT2D eigenvalue weighted by Gasteiger charge is 2.25. The average Bonchev–Trinajstić information content (AvgIpc) is 2.99. The molecule has 1 unspecified atom stereocenters. The van der Waals surface area contributed by atoms with Crippen LogP contribution in [0.4, 0.5) is 0 Å². The minimum absolute atomic E-state index is 0.0574. The Hall–Kier alpha value is -0.990. The second kappa shape index (κ2) is 31.0. The van der Waals surface area contributed by atoms with Crippen LogP contribution >= 0.6 is 7.82 Å². The minimum Gasteiger partial charge on any atom is -0.462 e. The zero-order valence-corrected chi connectivity index (χ0v) is 28.6. The van der Waals surface area contributed by atoms with Crippen molar-refractivity contribution < 1.29 is 37.6 Å². The molecule has 0 saturated carbocycles. The first-order valence-corrected chi connectivity index (χ1v) is 19.0. The van der Waals surface area contributed by atoms with E-state index in [1.807, 2.05) is 0 Å². The van der Waals surface area contributed by atoms with E-state index in [1.54, 1.807) is 0 Å². The molecule has 0 aromatic rings. The van der Waals surface area contributed by atoms with Crippen molar-refractivity contribution >= 4 is 19.8 Å². The lowest BCUT2D eigenvalue weighted by Crippen LogP contribution is -2.29. The number of phosphoric ester groups is 1. The predicted octanol–water partition coefficient (Wildman–Crippen LogP) is 8.94. The Kier molecular flexibility index (Phi) is 30.3. The maximum Gasteiger partial charge on any atom is 0.472 e. The molecule has 0 saturated heterocycles. The quantitative estimate of drug-likeness (QED) is 0.0411. The Bertz CT molecular complexity index is 694. The molecule has 0 spiro atoms. The number of esters is 2. The molecule has 0 aliphatic carbocycles. The van der Waals surface area contributed by atoms with Crippen molar-refractivity contribution in [2.75, 3.05) is 26.4 Å². The fourth-order valence-corrected chi connectivity index (χ4v) is 5.63. The predicted molar refractivity (Wildman–Crippen MR) is 174 cm³/mol. The minimum atomic E-state index is -4.35. The average molecular weight is 636 g/mol. The Morgan fingerprint density at radius 2 is 1.00 bits per heavy atom. The molecule has 0 amide bonds. The van der Waals surface area contributed by atoms with Gasteiger partial charge < -0.3 is 20.1 Å². The van der Waals surface area contributed by atoms with Crippen LogP contribution in [0.25, 0.3) is 0 Å². The summed E-state index contributed by atoms with van der Waals surface area (Å²) in [4.78, 5) is 34.5. The van der Waals surface area contributed by atoms with Crippen molar-refractivity contribution in [1.82, 2.24) is 0 Å². The van der Waals surface area contributed by atoms with Gasteiger partial charge in [0.05, 0.1) is 13.2 Å². The molecule has 0 aromatic carbocycles. The maximum absolute atomic E-state index is 12.4. The summed E-state index contributed by atoms with van der Waals surface area (Å²) < 4.78 is 32.5. The molecule has 0 fully saturated rings. The third-order valence-corrected chi connectivity index (χ3v) is 8.48. The van der Waals surface area contributed by atoms with E-state index < -0.39 is 26.5 Å². The molecule has 0 radical (unpaired) electrons. The van der Waals surface area contributed by atoms with Crippen LogP contribution in [0.15, 0.2) is 0 Å². The topological polar surface area (TPSA) is 134 Å². The van der Waals surface area contributed by atoms with E-state index in [0.29, 0.717) is 6.42 Å². The van der Waals surface area contributed by atoms with Crippen molar-refractivity contribution in [3.05, 3.63) is 0 Å². The summed E-state index contributed by atoms with van der Waals surface area (Å²) in [5.41, 5.74) is 5.31. The maximum atomic E-state index is 12.4. The Morgan fingerprint density at radius 3 is 1.42 bits per heavy atom. The van der Waals surface area contributed by atoms with Crippen molar-refractivity contribution in [2.24, 2.45) is 5.73 Å². The largest absolute Gasteiger partial charge is 0.472 e. The smallest absolute Gasteiger partial charge is 0.462 e. The van der Waals surface area contributed by atoms with Gasteiger partial charge in [0.2, 0.25) is 0 Å². The van der Waals surface area contributed by atoms with Crippen molar-refractivity contribution in [1.29, 1.82) is 0 Å². The number of phosphoric acid groups is 1. The summed E-state index contributed by atoms with van der Waals surface area (Å²) >= 11 is 0. The van der Waals surface area contributed by atoms with Gasteiger partial charge in [-0.1, -0.05) is 142 Å². The van der Waals surface area contributed by atoms with Gasteiger partial charge >= 0.3 is 19.8 Å². The molecule has 0 aromatic heterocycles. The number of hydrogen-bond donors (Lipinski definition) is 2. The second-order valence-electron chi connectivity index (χ2n) is 11.8. The lowest BCUT2D eigenvalue weighted by atomic mass is 10.0. The van der Waals surface area contributed by atoms with Crippen molar-refractivity contribution in [3.63, 3.8) is 0 Å². The summed E-state index contributed by atoms with van der Waals surface area (Å²) in [5, 5.41) is 0. The third kappa shape index (κ3) is 30.8. The molecule has 2 atom stereocenters. The fourth-order valence-electron chi connectivity index (χ4n) is 4.87. The van der Waals surface area contributed by atoms with Gasteiger partial charge in [-0.25, -0.2) is 4.57 Å². The van der Waals surface area contributed by atoms with E-state index in [1.165, 1.54) is 103 Å². The molecular formula is C33H66NO8P. The molecule has 43 heavy (non-hydrogen) atoms. The van der Waals surface area contributed by atoms with Crippen molar-refractivity contribution in [2.45, 2.75) is 174 Å². The molecule has 256 valence electrons. The van der Waals surface area contributed by atoms with E-state index in [4.69, 9.17) is 24.3 Å². The highest BCUT2D eigenvalue weighted by atomic mass is 31.2. The standard InChI is InChI=1S/C33H66NO8P/c1-3-5-7-9-11-13-14-15-16-18-19-21-23-25-32(35)39-29-31(30-41-43(37,38)40-28-27-34)42-33(36)26-24-22-20-17-12-10-8-6-4-2/h31H,3-30,34H2,1-2H3,(H,37,38)/t31-/m1/s1. The fraction of sp³-hybridized carbons (Fsp3) is 0.939. The summed E-state index contributed by atoms with van der Waals surface area (Å²) in [5.74, 6) is -0.825. The molecule has 3 N–H and O–H groups in total. The van der Waals surface area contributed by atoms with Crippen LogP contribution in [0, 0.1) is 0 Å². The Labute approximate surface area is 263 Å². The first-order chi connectivity index (χ1) is 20.8. The van der Waals surface area contributed by atoms with Crippen LogP contribution in [-0.4, -0.2) is 49.3 Å². The molecule has 0 heterocycles. The van der Waals surface area contributed by atoms with E-state index in [0.717, 1.165) is 32.1 Å². The van der Waals surface area contributed by atoms with Crippen LogP contribution in [0.1, 0.15) is 168 Å². The summed E-state index contributed by atoms with van der Waals surface area (Å²) in [6, 6.07) is 0. The molecule has 0 aliphatic rings. The van der Waals surface area contributed by atoms with Crippen LogP contribution in [0.2, 0.25) is 0 Å². The molecule has 10 heteroatoms. The zero-order valence-electron chi connectivity index (χ0n) is 27.7. The number of hydrogen-bond acceptors (Lipinski definition) is 8. The van der Waals surface area contributed by atoms with Gasteiger partial charge in [-0.2, -0.15) is 0 Å². The van der Waals surface area contributed by atoms with Gasteiger partial charge in [0, 0.05) is 19.4 Å². The van der Waals surface area contributed by atoms with Crippen LogP contribution in [-0.2, 0) is 32.7 Å². The van der Waals surface area contributed by atoms with E-state index in [9.17, 15) is 19.0 Å². The highest BCUT2D eigenvalue weighted by Crippen LogP contribution is 2.43. The second-order valence-corrected chi connectivity index (χ2v) is 13.2. The van der Waals surface area contributed by atoms with Gasteiger partial charge in [0.25, 0.3) is 0 Å². The number of nitrogens with two attached hydrogens (primary N) is 1. The number of carbonyl (C=O) groups is 2. The van der Waals surface area contributed by atoms with Gasteiger partial charge in [-0.3, -0.25) is 18.6 Å². The molecule has 0 aliphatic heterocycles. The lowest BCUT2D eigenvalue weighted by molar-refractivity contribution is -0.161. The van der Waals surface area contributed by atoms with E-state index in [-0.39, 0.29) is 38.6 Å². The van der Waals surface area contributed by atoms with E-state index in [2.05, 4.69) is 13.8 Å². The van der Waals surface area contributed by atoms with Crippen molar-refractivity contribution in [3.8, 4) is 0 Å². The van der Waals surface area contributed by atoms with Crippen LogP contribution < -0.4 is 5.73 Å². The summed E-state index contributed by atoms with van der Waals surface area (Å²) in [7, 11) is -4.35. The first-order valence-electron chi connectivity index (χ1n) is 17.5. The third-order valence-electron chi connectivity index (χ3n) is 7.49. The van der Waals surface area contributed by atoms with Crippen LogP contribution in [0.5, 0.6) is 0 Å². The van der Waals surface area contributed by atoms with Gasteiger partial charge in [0.15, 0.2) is 6.10 Å². The molecule has 0 rings (SSSR count). The zero-order chi connectivity index (χ0) is 31.9. The normalized spacial score (nSPS) is 13.5. The van der Waals surface area contributed by atoms with Gasteiger partial charge in [0.1, 0.15) is 6.61 Å². The van der Waals surface area contributed by atoms with Gasteiger partial charge in [-0.05, 0) is 12.8 Å². The number of rotatable bonds is 33.